The number of nitrogens with one attached hydrogen (secondary N) is 2. The summed E-state index contributed by atoms with van der Waals surface area (Å²) in [5.41, 5.74) is 4.48. The highest BCUT2D eigenvalue weighted by Gasteiger charge is 2.21. The van der Waals surface area contributed by atoms with Crippen molar-refractivity contribution in [2.24, 2.45) is 0 Å². The number of carbonyl (C=O) groups excluding carboxylic acids is 2. The van der Waals surface area contributed by atoms with Crippen LogP contribution in [0.4, 0.5) is 0 Å². The Morgan fingerprint density at radius 1 is 0.914 bits per heavy atom. The molecule has 0 unspecified atom stereocenters. The third-order valence-electron chi connectivity index (χ3n) is 5.00. The molecule has 0 radical (unpaired) electrons. The second-order valence-electron chi connectivity index (χ2n) is 7.34. The van der Waals surface area contributed by atoms with Crippen LogP contribution in [0.15, 0.2) is 96.0 Å². The van der Waals surface area contributed by atoms with Crippen LogP contribution in [0.5, 0.6) is 0 Å². The summed E-state index contributed by atoms with van der Waals surface area (Å²) in [4.78, 5) is 26.8. The maximum absolute atomic E-state index is 13.0. The summed E-state index contributed by atoms with van der Waals surface area (Å²) in [5, 5.41) is 4.55. The third kappa shape index (κ3) is 5.45. The summed E-state index contributed by atoms with van der Waals surface area (Å²) in [6.07, 6.45) is 1.54. The molecule has 9 nitrogen and oxygen atoms in total. The van der Waals surface area contributed by atoms with Crippen LogP contribution in [0.2, 0.25) is 0 Å². The maximum Gasteiger partial charge on any atom is 0.338 e. The molecule has 0 fully saturated rings. The lowest BCUT2D eigenvalue weighted by molar-refractivity contribution is 0.0526. The molecule has 1 heterocycles. The number of rotatable bonds is 8. The van der Waals surface area contributed by atoms with E-state index in [0.717, 1.165) is 5.69 Å². The van der Waals surface area contributed by atoms with Gasteiger partial charge in [-0.3, -0.25) is 10.2 Å². The molecule has 0 atom stereocenters. The first-order valence-electron chi connectivity index (χ1n) is 10.7. The number of para-hydroxylation sites is 1. The molecular weight excluding hydrogens is 468 g/mol. The highest BCUT2D eigenvalue weighted by molar-refractivity contribution is 7.89. The summed E-state index contributed by atoms with van der Waals surface area (Å²) >= 11 is 0. The van der Waals surface area contributed by atoms with Gasteiger partial charge in [0.05, 0.1) is 28.3 Å². The minimum absolute atomic E-state index is 0.130. The smallest absolute Gasteiger partial charge is 0.338 e. The molecule has 1 aromatic heterocycles. The maximum atomic E-state index is 13.0. The second-order valence-corrected chi connectivity index (χ2v) is 9.02. The van der Waals surface area contributed by atoms with Gasteiger partial charge in [0.2, 0.25) is 0 Å². The topological polar surface area (TPSA) is 119 Å². The number of esters is 1. The number of benzene rings is 3. The van der Waals surface area contributed by atoms with E-state index in [1.807, 2.05) is 60.7 Å². The van der Waals surface area contributed by atoms with Crippen molar-refractivity contribution >= 4 is 21.9 Å². The van der Waals surface area contributed by atoms with E-state index in [4.69, 9.17) is 4.74 Å². The molecule has 4 rings (SSSR count). The Bertz CT molecular complexity index is 1430. The van der Waals surface area contributed by atoms with E-state index in [0.29, 0.717) is 11.3 Å². The quantitative estimate of drug-likeness (QED) is 0.289. The van der Waals surface area contributed by atoms with Gasteiger partial charge in [-0.15, -0.1) is 4.83 Å². The third-order valence-corrected chi connectivity index (χ3v) is 6.27. The summed E-state index contributed by atoms with van der Waals surface area (Å²) in [6, 6.07) is 23.5. The Hall–Kier alpha value is -4.28. The van der Waals surface area contributed by atoms with Gasteiger partial charge in [-0.05, 0) is 43.3 Å². The Kier molecular flexibility index (Phi) is 7.04. The normalized spacial score (nSPS) is 11.1. The summed E-state index contributed by atoms with van der Waals surface area (Å²) < 4.78 is 31.8. The summed E-state index contributed by atoms with van der Waals surface area (Å²) in [6.45, 7) is 1.88. The molecule has 178 valence electrons. The second kappa shape index (κ2) is 10.3. The molecule has 2 N–H and O–H groups in total. The fourth-order valence-electron chi connectivity index (χ4n) is 3.29. The molecule has 10 heteroatoms. The fourth-order valence-corrected chi connectivity index (χ4v) is 4.13. The lowest BCUT2D eigenvalue weighted by Gasteiger charge is -2.09. The first-order chi connectivity index (χ1) is 16.9. The summed E-state index contributed by atoms with van der Waals surface area (Å²) in [5.74, 6) is -1.24. The van der Waals surface area contributed by atoms with Crippen molar-refractivity contribution in [3.05, 3.63) is 102 Å². The number of hydrazine groups is 1. The summed E-state index contributed by atoms with van der Waals surface area (Å²) in [7, 11) is -4.10. The van der Waals surface area contributed by atoms with E-state index in [1.54, 1.807) is 11.6 Å². The molecule has 0 aliphatic rings. The van der Waals surface area contributed by atoms with Crippen molar-refractivity contribution in [1.82, 2.24) is 20.0 Å². The molecule has 0 saturated heterocycles. The van der Waals surface area contributed by atoms with E-state index in [2.05, 4.69) is 15.4 Å². The Morgan fingerprint density at radius 3 is 2.17 bits per heavy atom. The monoisotopic (exact) mass is 490 g/mol. The SMILES string of the molecule is CCOC(=O)c1ccc(S(=O)(=O)NNC(=O)c2cn(-c3ccccc3)nc2-c2ccccc2)cc1. The minimum atomic E-state index is -4.10. The van der Waals surface area contributed by atoms with Crippen molar-refractivity contribution in [2.75, 3.05) is 6.61 Å². The van der Waals surface area contributed by atoms with Crippen LogP contribution in [-0.4, -0.2) is 36.7 Å². The Balaban J connectivity index is 1.56. The van der Waals surface area contributed by atoms with Crippen LogP contribution in [0.1, 0.15) is 27.6 Å². The fraction of sp³-hybridized carbons (Fsp3) is 0.0800. The van der Waals surface area contributed by atoms with Gasteiger partial charge in [0.1, 0.15) is 5.69 Å². The van der Waals surface area contributed by atoms with Crippen LogP contribution in [-0.2, 0) is 14.8 Å². The predicted molar refractivity (Wildman–Crippen MR) is 129 cm³/mol. The zero-order valence-corrected chi connectivity index (χ0v) is 19.5. The molecule has 0 aliphatic carbocycles. The number of hydrogen-bond donors (Lipinski definition) is 2. The van der Waals surface area contributed by atoms with Crippen LogP contribution in [0.25, 0.3) is 16.9 Å². The average Bonchev–Trinajstić information content (AvgIpc) is 3.34. The van der Waals surface area contributed by atoms with Gasteiger partial charge in [-0.1, -0.05) is 48.5 Å². The molecule has 3 aromatic carbocycles. The van der Waals surface area contributed by atoms with E-state index in [9.17, 15) is 18.0 Å². The molecule has 4 aromatic rings. The Morgan fingerprint density at radius 2 is 1.54 bits per heavy atom. The van der Waals surface area contributed by atoms with Crippen molar-refractivity contribution in [3.8, 4) is 16.9 Å². The number of amides is 1. The van der Waals surface area contributed by atoms with E-state index in [-0.39, 0.29) is 22.6 Å². The van der Waals surface area contributed by atoms with Gasteiger partial charge < -0.3 is 4.74 Å². The van der Waals surface area contributed by atoms with Crippen LogP contribution in [0, 0.1) is 0 Å². The predicted octanol–water partition coefficient (Wildman–Crippen LogP) is 3.34. The number of nitrogens with zero attached hydrogens (tertiary/aromatic N) is 2. The molecule has 35 heavy (non-hydrogen) atoms. The zero-order valence-electron chi connectivity index (χ0n) is 18.7. The molecular formula is C25H22N4O5S. The largest absolute Gasteiger partial charge is 0.462 e. The van der Waals surface area contributed by atoms with Crippen LogP contribution < -0.4 is 10.3 Å². The van der Waals surface area contributed by atoms with Gasteiger partial charge in [-0.2, -0.15) is 5.10 Å². The van der Waals surface area contributed by atoms with Crippen molar-refractivity contribution < 1.29 is 22.7 Å². The standard InChI is InChI=1S/C25H22N4O5S/c1-2-34-25(31)19-13-15-21(16-14-19)35(32,33)28-26-24(30)22-17-29(20-11-7-4-8-12-20)27-23(22)18-9-5-3-6-10-18/h3-17,28H,2H2,1H3,(H,26,30). The van der Waals surface area contributed by atoms with Gasteiger partial charge >= 0.3 is 5.97 Å². The van der Waals surface area contributed by atoms with E-state index >= 15 is 0 Å². The average molecular weight is 491 g/mol. The van der Waals surface area contributed by atoms with Crippen LogP contribution in [0.3, 0.4) is 0 Å². The lowest BCUT2D eigenvalue weighted by Crippen LogP contribution is -2.41. The minimum Gasteiger partial charge on any atom is -0.462 e. The number of ether oxygens (including phenoxy) is 1. The highest BCUT2D eigenvalue weighted by atomic mass is 32.2. The molecule has 0 aliphatic heterocycles. The van der Waals surface area contributed by atoms with Crippen molar-refractivity contribution in [2.45, 2.75) is 11.8 Å². The number of carbonyl (C=O) groups is 2. The van der Waals surface area contributed by atoms with Crippen molar-refractivity contribution in [3.63, 3.8) is 0 Å². The van der Waals surface area contributed by atoms with Crippen molar-refractivity contribution in [1.29, 1.82) is 0 Å². The van der Waals surface area contributed by atoms with Gasteiger partial charge in [-0.25, -0.2) is 17.9 Å². The van der Waals surface area contributed by atoms with Gasteiger partial charge in [0, 0.05) is 11.8 Å². The number of aromatic nitrogens is 2. The van der Waals surface area contributed by atoms with Gasteiger partial charge in [0.15, 0.2) is 0 Å². The first-order valence-corrected chi connectivity index (χ1v) is 12.2. The van der Waals surface area contributed by atoms with E-state index in [1.165, 1.54) is 30.5 Å². The molecule has 0 saturated carbocycles. The number of hydrogen-bond acceptors (Lipinski definition) is 6. The number of sulfonamides is 1. The van der Waals surface area contributed by atoms with E-state index < -0.39 is 21.9 Å². The van der Waals surface area contributed by atoms with Crippen LogP contribution >= 0.6 is 0 Å². The first kappa shape index (κ1) is 23.9. The zero-order chi connectivity index (χ0) is 24.8. The molecule has 0 spiro atoms. The van der Waals surface area contributed by atoms with Gasteiger partial charge in [0.25, 0.3) is 15.9 Å². The lowest BCUT2D eigenvalue weighted by atomic mass is 10.1. The highest BCUT2D eigenvalue weighted by Crippen LogP contribution is 2.23. The molecule has 0 bridgehead atoms. The molecule has 1 amide bonds. The Labute approximate surface area is 202 Å².